The lowest BCUT2D eigenvalue weighted by atomic mass is 9.83. The zero-order valence-corrected chi connectivity index (χ0v) is 17.2. The first-order valence-corrected chi connectivity index (χ1v) is 11.0. The molecule has 1 fully saturated rings. The van der Waals surface area contributed by atoms with Gasteiger partial charge in [-0.3, -0.25) is 0 Å². The van der Waals surface area contributed by atoms with Gasteiger partial charge in [0.1, 0.15) is 11.6 Å². The van der Waals surface area contributed by atoms with E-state index in [1.54, 1.807) is 30.6 Å². The van der Waals surface area contributed by atoms with Gasteiger partial charge in [-0.2, -0.15) is 0 Å². The summed E-state index contributed by atoms with van der Waals surface area (Å²) >= 11 is 1.71. The summed E-state index contributed by atoms with van der Waals surface area (Å²) in [6, 6.07) is 8.98. The van der Waals surface area contributed by atoms with Crippen LogP contribution in [0.1, 0.15) is 49.0 Å². The van der Waals surface area contributed by atoms with Gasteiger partial charge in [0.2, 0.25) is 0 Å². The highest BCUT2D eigenvalue weighted by atomic mass is 32.1. The summed E-state index contributed by atoms with van der Waals surface area (Å²) in [5.41, 5.74) is 3.86. The molecular formula is C23H28FNO2S. The third kappa shape index (κ3) is 4.32. The van der Waals surface area contributed by atoms with Gasteiger partial charge >= 0.3 is 0 Å². The van der Waals surface area contributed by atoms with Gasteiger partial charge in [0, 0.05) is 13.0 Å². The second-order valence-corrected chi connectivity index (χ2v) is 8.78. The number of hydrogen-bond donors (Lipinski definition) is 1. The van der Waals surface area contributed by atoms with E-state index in [9.17, 15) is 4.39 Å². The first-order valence-electron chi connectivity index (χ1n) is 10.1. The molecule has 28 heavy (non-hydrogen) atoms. The third-order valence-electron chi connectivity index (χ3n) is 6.00. The first-order chi connectivity index (χ1) is 13.7. The molecule has 1 spiro atoms. The molecule has 1 aromatic heterocycles. The highest BCUT2D eigenvalue weighted by molar-refractivity contribution is 7.10. The number of benzene rings is 1. The summed E-state index contributed by atoms with van der Waals surface area (Å²) < 4.78 is 25.2. The van der Waals surface area contributed by atoms with Crippen molar-refractivity contribution < 1.29 is 13.9 Å². The van der Waals surface area contributed by atoms with Gasteiger partial charge < -0.3 is 14.8 Å². The molecule has 0 radical (unpaired) electrons. The molecule has 150 valence electrons. The van der Waals surface area contributed by atoms with Crippen molar-refractivity contribution in [2.24, 2.45) is 0 Å². The van der Waals surface area contributed by atoms with E-state index >= 15 is 0 Å². The average molecular weight is 402 g/mol. The number of ether oxygens (including phenoxy) is 2. The summed E-state index contributed by atoms with van der Waals surface area (Å²) in [5, 5.41) is 5.59. The zero-order valence-electron chi connectivity index (χ0n) is 16.4. The number of halogens is 1. The van der Waals surface area contributed by atoms with Crippen LogP contribution in [0.3, 0.4) is 0 Å². The molecule has 2 heterocycles. The van der Waals surface area contributed by atoms with Gasteiger partial charge in [0.05, 0.1) is 24.2 Å². The second kappa shape index (κ2) is 8.76. The molecule has 1 aliphatic carbocycles. The molecule has 5 heteroatoms. The third-order valence-corrected chi connectivity index (χ3v) is 6.90. The fourth-order valence-corrected chi connectivity index (χ4v) is 5.24. The van der Waals surface area contributed by atoms with E-state index in [1.807, 2.05) is 18.2 Å². The fourth-order valence-electron chi connectivity index (χ4n) is 4.43. The summed E-state index contributed by atoms with van der Waals surface area (Å²) in [6.07, 6.45) is 6.67. The molecule has 0 atom stereocenters. The van der Waals surface area contributed by atoms with Crippen molar-refractivity contribution in [2.75, 3.05) is 20.3 Å². The highest BCUT2D eigenvalue weighted by Gasteiger charge is 2.39. The van der Waals surface area contributed by atoms with Crippen molar-refractivity contribution in [1.82, 2.24) is 5.32 Å². The minimum absolute atomic E-state index is 0.00494. The van der Waals surface area contributed by atoms with Gasteiger partial charge in [-0.1, -0.05) is 25.0 Å². The fraction of sp³-hybridized carbons (Fsp3) is 0.478. The Labute approximate surface area is 170 Å². The second-order valence-electron chi connectivity index (χ2n) is 7.78. The standard InChI is InChI=1S/C23H28FNO2S/c1-26-21-9-13-28-22(21)15-25-12-8-18-16-27-23(10-2-3-11-23)14-20(18)17-4-6-19(24)7-5-17/h4-7,9,13,25H,2-3,8,10-12,14-16H2,1H3. The smallest absolute Gasteiger partial charge is 0.134 e. The van der Waals surface area contributed by atoms with Crippen molar-refractivity contribution in [2.45, 2.75) is 50.7 Å². The minimum atomic E-state index is -0.180. The Morgan fingerprint density at radius 2 is 1.96 bits per heavy atom. The van der Waals surface area contributed by atoms with Crippen molar-refractivity contribution in [1.29, 1.82) is 0 Å². The van der Waals surface area contributed by atoms with Crippen LogP contribution in [0.4, 0.5) is 4.39 Å². The normalized spacial score (nSPS) is 18.8. The Morgan fingerprint density at radius 1 is 1.18 bits per heavy atom. The Hall–Kier alpha value is -1.69. The zero-order chi connectivity index (χ0) is 19.4. The van der Waals surface area contributed by atoms with Crippen LogP contribution in [-0.2, 0) is 11.3 Å². The van der Waals surface area contributed by atoms with Gasteiger partial charge in [-0.15, -0.1) is 11.3 Å². The van der Waals surface area contributed by atoms with Crippen LogP contribution < -0.4 is 10.1 Å². The molecule has 0 unspecified atom stereocenters. The quantitative estimate of drug-likeness (QED) is 0.616. The van der Waals surface area contributed by atoms with E-state index in [1.165, 1.54) is 28.9 Å². The van der Waals surface area contributed by atoms with E-state index in [2.05, 4.69) is 10.7 Å². The van der Waals surface area contributed by atoms with E-state index in [-0.39, 0.29) is 11.4 Å². The molecule has 1 aliphatic heterocycles. The summed E-state index contributed by atoms with van der Waals surface area (Å²) in [5.74, 6) is 0.771. The topological polar surface area (TPSA) is 30.5 Å². The van der Waals surface area contributed by atoms with Crippen LogP contribution in [0.15, 0.2) is 41.3 Å². The monoisotopic (exact) mass is 401 g/mol. The molecule has 2 aliphatic rings. The van der Waals surface area contributed by atoms with Crippen molar-refractivity contribution in [3.05, 3.63) is 57.5 Å². The van der Waals surface area contributed by atoms with Crippen LogP contribution in [0.2, 0.25) is 0 Å². The van der Waals surface area contributed by atoms with Crippen molar-refractivity contribution in [3.8, 4) is 5.75 Å². The predicted molar refractivity (Wildman–Crippen MR) is 112 cm³/mol. The molecule has 3 nitrogen and oxygen atoms in total. The van der Waals surface area contributed by atoms with E-state index in [0.717, 1.165) is 50.1 Å². The van der Waals surface area contributed by atoms with Crippen LogP contribution in [0.5, 0.6) is 5.75 Å². The molecular weight excluding hydrogens is 373 g/mol. The van der Waals surface area contributed by atoms with Crippen molar-refractivity contribution in [3.63, 3.8) is 0 Å². The molecule has 2 aromatic rings. The van der Waals surface area contributed by atoms with Crippen LogP contribution in [0.25, 0.3) is 5.57 Å². The number of rotatable bonds is 7. The maximum absolute atomic E-state index is 13.4. The lowest BCUT2D eigenvalue weighted by Crippen LogP contribution is -2.34. The van der Waals surface area contributed by atoms with E-state index < -0.39 is 0 Å². The Morgan fingerprint density at radius 3 is 2.71 bits per heavy atom. The Kier molecular flexibility index (Phi) is 6.14. The molecule has 1 N–H and O–H groups in total. The van der Waals surface area contributed by atoms with E-state index in [0.29, 0.717) is 6.61 Å². The van der Waals surface area contributed by atoms with Gasteiger partial charge in [-0.25, -0.2) is 4.39 Å². The Bertz CT molecular complexity index is 821. The average Bonchev–Trinajstić information content (AvgIpc) is 3.36. The summed E-state index contributed by atoms with van der Waals surface area (Å²) in [4.78, 5) is 1.22. The van der Waals surface area contributed by atoms with Crippen molar-refractivity contribution >= 4 is 16.9 Å². The lowest BCUT2D eigenvalue weighted by Gasteiger charge is -2.37. The van der Waals surface area contributed by atoms with Crippen LogP contribution in [-0.4, -0.2) is 25.9 Å². The van der Waals surface area contributed by atoms with Crippen LogP contribution >= 0.6 is 11.3 Å². The molecule has 0 saturated heterocycles. The first kappa shape index (κ1) is 19.6. The van der Waals surface area contributed by atoms with Crippen LogP contribution in [0, 0.1) is 5.82 Å². The number of thiophene rings is 1. The maximum Gasteiger partial charge on any atom is 0.134 e. The number of hydrogen-bond acceptors (Lipinski definition) is 4. The molecule has 0 amide bonds. The SMILES string of the molecule is COc1ccsc1CNCCC1=C(c2ccc(F)cc2)CC2(CCCC2)OC1. The predicted octanol–water partition coefficient (Wildman–Crippen LogP) is 5.56. The van der Waals surface area contributed by atoms with E-state index in [4.69, 9.17) is 9.47 Å². The minimum Gasteiger partial charge on any atom is -0.496 e. The molecule has 1 aromatic carbocycles. The lowest BCUT2D eigenvalue weighted by molar-refractivity contribution is -0.0329. The van der Waals surface area contributed by atoms with Gasteiger partial charge in [-0.05, 0) is 66.1 Å². The Balaban J connectivity index is 1.45. The van der Waals surface area contributed by atoms with Gasteiger partial charge in [0.25, 0.3) is 0 Å². The summed E-state index contributed by atoms with van der Waals surface area (Å²) in [7, 11) is 1.71. The maximum atomic E-state index is 13.4. The largest absolute Gasteiger partial charge is 0.496 e. The molecule has 4 rings (SSSR count). The molecule has 1 saturated carbocycles. The molecule has 0 bridgehead atoms. The summed E-state index contributed by atoms with van der Waals surface area (Å²) in [6.45, 7) is 2.39. The highest BCUT2D eigenvalue weighted by Crippen LogP contribution is 2.45. The van der Waals surface area contributed by atoms with Gasteiger partial charge in [0.15, 0.2) is 0 Å². The number of methoxy groups -OCH3 is 1. The number of nitrogens with one attached hydrogen (secondary N) is 1.